The number of hydrogen-bond donors (Lipinski definition) is 1. The fraction of sp³-hybridized carbons (Fsp3) is 0.0588. The fourth-order valence-corrected chi connectivity index (χ4v) is 2.19. The normalized spacial score (nSPS) is 10.4. The molecule has 0 bridgehead atoms. The van der Waals surface area contributed by atoms with Crippen molar-refractivity contribution < 1.29 is 9.18 Å². The Balaban J connectivity index is 1.84. The molecule has 0 aliphatic carbocycles. The van der Waals surface area contributed by atoms with E-state index in [4.69, 9.17) is 0 Å². The molecule has 0 radical (unpaired) electrons. The maximum absolute atomic E-state index is 13.5. The molecule has 4 nitrogen and oxygen atoms in total. The zero-order valence-corrected chi connectivity index (χ0v) is 11.7. The molecule has 0 saturated heterocycles. The van der Waals surface area contributed by atoms with Gasteiger partial charge in [0, 0.05) is 31.3 Å². The van der Waals surface area contributed by atoms with E-state index in [0.29, 0.717) is 17.8 Å². The minimum Gasteiger partial charge on any atom is -0.348 e. The third-order valence-electron chi connectivity index (χ3n) is 3.29. The highest BCUT2D eigenvalue weighted by Gasteiger charge is 2.13. The van der Waals surface area contributed by atoms with Crippen LogP contribution in [0.2, 0.25) is 0 Å². The quantitative estimate of drug-likeness (QED) is 0.804. The molecule has 0 fully saturated rings. The van der Waals surface area contributed by atoms with Crippen molar-refractivity contribution >= 4 is 5.91 Å². The lowest BCUT2D eigenvalue weighted by Gasteiger charge is -2.11. The summed E-state index contributed by atoms with van der Waals surface area (Å²) in [5.74, 6) is -0.759. The van der Waals surface area contributed by atoms with Crippen molar-refractivity contribution in [3.05, 3.63) is 84.2 Å². The van der Waals surface area contributed by atoms with Crippen LogP contribution in [0.3, 0.4) is 0 Å². The van der Waals surface area contributed by atoms with Gasteiger partial charge in [-0.15, -0.1) is 0 Å². The van der Waals surface area contributed by atoms with Gasteiger partial charge in [0.15, 0.2) is 0 Å². The van der Waals surface area contributed by atoms with Crippen LogP contribution in [0.4, 0.5) is 4.39 Å². The molecule has 1 amide bonds. The van der Waals surface area contributed by atoms with E-state index in [2.05, 4.69) is 10.3 Å². The molecule has 110 valence electrons. The zero-order valence-electron chi connectivity index (χ0n) is 11.7. The van der Waals surface area contributed by atoms with Crippen molar-refractivity contribution in [1.29, 1.82) is 0 Å². The van der Waals surface area contributed by atoms with E-state index in [1.807, 2.05) is 36.7 Å². The highest BCUT2D eigenvalue weighted by molar-refractivity contribution is 5.97. The molecule has 22 heavy (non-hydrogen) atoms. The molecular weight excluding hydrogens is 281 g/mol. The average Bonchev–Trinajstić information content (AvgIpc) is 3.08. The van der Waals surface area contributed by atoms with Gasteiger partial charge in [-0.05, 0) is 48.0 Å². The number of rotatable bonds is 4. The Morgan fingerprint density at radius 1 is 1.14 bits per heavy atom. The van der Waals surface area contributed by atoms with Gasteiger partial charge in [-0.2, -0.15) is 0 Å². The van der Waals surface area contributed by atoms with Crippen LogP contribution < -0.4 is 5.32 Å². The minimum atomic E-state index is -0.440. The van der Waals surface area contributed by atoms with E-state index in [-0.39, 0.29) is 5.91 Å². The van der Waals surface area contributed by atoms with Crippen molar-refractivity contribution in [2.75, 3.05) is 0 Å². The van der Waals surface area contributed by atoms with Crippen LogP contribution in [0, 0.1) is 5.82 Å². The summed E-state index contributed by atoms with van der Waals surface area (Å²) in [5, 5.41) is 2.80. The summed E-state index contributed by atoms with van der Waals surface area (Å²) in [6.07, 6.45) is 6.95. The average molecular weight is 295 g/mol. The molecule has 0 aliphatic rings. The van der Waals surface area contributed by atoms with Crippen molar-refractivity contribution in [2.45, 2.75) is 6.54 Å². The maximum atomic E-state index is 13.5. The van der Waals surface area contributed by atoms with Gasteiger partial charge in [-0.3, -0.25) is 9.78 Å². The third-order valence-corrected chi connectivity index (χ3v) is 3.29. The van der Waals surface area contributed by atoms with E-state index in [9.17, 15) is 9.18 Å². The molecule has 1 aromatic carbocycles. The highest BCUT2D eigenvalue weighted by atomic mass is 19.1. The third kappa shape index (κ3) is 3.03. The number of benzene rings is 1. The molecule has 2 heterocycles. The summed E-state index contributed by atoms with van der Waals surface area (Å²) < 4.78 is 15.3. The minimum absolute atomic E-state index is 0.297. The number of nitrogens with one attached hydrogen (secondary N) is 1. The van der Waals surface area contributed by atoms with Crippen LogP contribution in [0.15, 0.2) is 67.3 Å². The largest absolute Gasteiger partial charge is 0.348 e. The lowest BCUT2D eigenvalue weighted by Crippen LogP contribution is -2.24. The number of amides is 1. The van der Waals surface area contributed by atoms with Crippen molar-refractivity contribution in [3.63, 3.8) is 0 Å². The molecule has 1 N–H and O–H groups in total. The number of hydrogen-bond acceptors (Lipinski definition) is 2. The highest BCUT2D eigenvalue weighted by Crippen LogP contribution is 2.17. The van der Waals surface area contributed by atoms with Crippen LogP contribution in [-0.4, -0.2) is 15.5 Å². The number of nitrogens with zero attached hydrogens (tertiary/aromatic N) is 2. The topological polar surface area (TPSA) is 46.9 Å². The molecule has 0 saturated carbocycles. The van der Waals surface area contributed by atoms with Gasteiger partial charge in [-0.25, -0.2) is 4.39 Å². The molecule has 0 spiro atoms. The first kappa shape index (κ1) is 14.0. The Kier molecular flexibility index (Phi) is 3.96. The molecule has 0 unspecified atom stereocenters. The number of halogens is 1. The van der Waals surface area contributed by atoms with Gasteiger partial charge in [0.25, 0.3) is 5.91 Å². The first-order valence-electron chi connectivity index (χ1n) is 6.84. The summed E-state index contributed by atoms with van der Waals surface area (Å²) in [4.78, 5) is 16.3. The van der Waals surface area contributed by atoms with E-state index >= 15 is 0 Å². The summed E-state index contributed by atoms with van der Waals surface area (Å²) in [6, 6.07) is 11.5. The van der Waals surface area contributed by atoms with Gasteiger partial charge < -0.3 is 9.88 Å². The van der Waals surface area contributed by atoms with E-state index in [0.717, 1.165) is 5.56 Å². The van der Waals surface area contributed by atoms with Crippen LogP contribution in [0.25, 0.3) is 5.69 Å². The number of pyridine rings is 1. The summed E-state index contributed by atoms with van der Waals surface area (Å²) >= 11 is 0. The molecule has 3 aromatic rings. The van der Waals surface area contributed by atoms with Gasteiger partial charge in [0.1, 0.15) is 5.82 Å². The van der Waals surface area contributed by atoms with Gasteiger partial charge in [0.05, 0.1) is 11.3 Å². The first-order chi connectivity index (χ1) is 10.7. The first-order valence-corrected chi connectivity index (χ1v) is 6.84. The van der Waals surface area contributed by atoms with Crippen LogP contribution in [0.1, 0.15) is 15.9 Å². The lowest BCUT2D eigenvalue weighted by atomic mass is 10.1. The fourth-order valence-electron chi connectivity index (χ4n) is 2.19. The van der Waals surface area contributed by atoms with Crippen molar-refractivity contribution in [2.24, 2.45) is 0 Å². The van der Waals surface area contributed by atoms with Crippen molar-refractivity contribution in [3.8, 4) is 5.69 Å². The van der Waals surface area contributed by atoms with Crippen LogP contribution in [0.5, 0.6) is 0 Å². The molecule has 2 aromatic heterocycles. The second-order valence-electron chi connectivity index (χ2n) is 4.79. The molecule has 0 aliphatic heterocycles. The number of aromatic nitrogens is 2. The Bertz CT molecular complexity index is 770. The second-order valence-corrected chi connectivity index (χ2v) is 4.79. The maximum Gasteiger partial charge on any atom is 0.253 e. The summed E-state index contributed by atoms with van der Waals surface area (Å²) in [7, 11) is 0. The molecular formula is C17H14FN3O. The van der Waals surface area contributed by atoms with Gasteiger partial charge in [0.2, 0.25) is 0 Å². The predicted molar refractivity (Wildman–Crippen MR) is 81.1 cm³/mol. The standard InChI is InChI=1S/C17H14FN3O/c18-14-3-4-16(21-9-1-2-10-21)15(11-14)17(22)20-12-13-5-7-19-8-6-13/h1-11H,12H2,(H,20,22). The van der Waals surface area contributed by atoms with Crippen LogP contribution in [-0.2, 0) is 6.54 Å². The number of carbonyl (C=O) groups is 1. The monoisotopic (exact) mass is 295 g/mol. The smallest absolute Gasteiger partial charge is 0.253 e. The predicted octanol–water partition coefficient (Wildman–Crippen LogP) is 2.94. The second kappa shape index (κ2) is 6.22. The van der Waals surface area contributed by atoms with E-state index < -0.39 is 5.82 Å². The molecule has 0 atom stereocenters. The van der Waals surface area contributed by atoms with Gasteiger partial charge in [-0.1, -0.05) is 0 Å². The van der Waals surface area contributed by atoms with E-state index in [1.165, 1.54) is 12.1 Å². The van der Waals surface area contributed by atoms with Gasteiger partial charge >= 0.3 is 0 Å². The van der Waals surface area contributed by atoms with Crippen LogP contribution >= 0.6 is 0 Å². The van der Waals surface area contributed by atoms with E-state index in [1.54, 1.807) is 23.0 Å². The lowest BCUT2D eigenvalue weighted by molar-refractivity contribution is 0.0950. The Labute approximate surface area is 127 Å². The molecule has 5 heteroatoms. The Hall–Kier alpha value is -2.95. The zero-order chi connectivity index (χ0) is 15.4. The Morgan fingerprint density at radius 2 is 1.86 bits per heavy atom. The summed E-state index contributed by atoms with van der Waals surface area (Å²) in [6.45, 7) is 0.364. The SMILES string of the molecule is O=C(NCc1ccncc1)c1cc(F)ccc1-n1cccc1. The number of carbonyl (C=O) groups excluding carboxylic acids is 1. The molecule has 3 rings (SSSR count). The van der Waals surface area contributed by atoms with Crippen molar-refractivity contribution in [1.82, 2.24) is 14.9 Å². The Morgan fingerprint density at radius 3 is 2.59 bits per heavy atom. The summed E-state index contributed by atoms with van der Waals surface area (Å²) in [5.41, 5.74) is 1.87.